The van der Waals surface area contributed by atoms with Crippen molar-refractivity contribution in [2.24, 2.45) is 5.92 Å². The molecule has 2 aliphatic rings. The van der Waals surface area contributed by atoms with Crippen molar-refractivity contribution in [2.75, 3.05) is 45.9 Å². The molecule has 0 aliphatic carbocycles. The molecule has 3 heterocycles. The number of amides is 1. The van der Waals surface area contributed by atoms with E-state index in [9.17, 15) is 13.2 Å². The average molecular weight is 464 g/mol. The Morgan fingerprint density at radius 1 is 1.13 bits per heavy atom. The summed E-state index contributed by atoms with van der Waals surface area (Å²) < 4.78 is 32.1. The summed E-state index contributed by atoms with van der Waals surface area (Å²) in [4.78, 5) is 16.6. The maximum atomic E-state index is 12.7. The van der Waals surface area contributed by atoms with Crippen molar-refractivity contribution in [2.45, 2.75) is 24.3 Å². The van der Waals surface area contributed by atoms with Crippen LogP contribution in [-0.4, -0.2) is 69.5 Å². The number of carbonyl (C=O) groups is 1. The summed E-state index contributed by atoms with van der Waals surface area (Å²) in [5, 5.41) is 5.14. The Morgan fingerprint density at radius 2 is 1.90 bits per heavy atom. The highest BCUT2D eigenvalue weighted by Gasteiger charge is 2.26. The molecular formula is C22H29N3O4S2. The Kier molecular flexibility index (Phi) is 7.39. The van der Waals surface area contributed by atoms with Crippen molar-refractivity contribution in [3.63, 3.8) is 0 Å². The van der Waals surface area contributed by atoms with Gasteiger partial charge in [0.1, 0.15) is 0 Å². The third-order valence-corrected chi connectivity index (χ3v) is 8.61. The van der Waals surface area contributed by atoms with Gasteiger partial charge in [-0.1, -0.05) is 6.07 Å². The van der Waals surface area contributed by atoms with E-state index >= 15 is 0 Å². The smallest absolute Gasteiger partial charge is 0.251 e. The highest BCUT2D eigenvalue weighted by molar-refractivity contribution is 7.89. The number of hydrogen-bond donors (Lipinski definition) is 1. The molecular weight excluding hydrogens is 434 g/mol. The Morgan fingerprint density at radius 3 is 2.61 bits per heavy atom. The number of benzene rings is 1. The Hall–Kier alpha value is -1.78. The van der Waals surface area contributed by atoms with Gasteiger partial charge in [-0.3, -0.25) is 9.69 Å². The van der Waals surface area contributed by atoms with E-state index in [1.807, 2.05) is 0 Å². The molecule has 0 saturated carbocycles. The van der Waals surface area contributed by atoms with Crippen LogP contribution in [-0.2, 0) is 21.3 Å². The van der Waals surface area contributed by atoms with Crippen LogP contribution < -0.4 is 5.32 Å². The molecule has 7 nitrogen and oxygen atoms in total. The van der Waals surface area contributed by atoms with Gasteiger partial charge in [-0.05, 0) is 61.0 Å². The number of nitrogens with zero attached hydrogens (tertiary/aromatic N) is 2. The second kappa shape index (κ2) is 10.2. The van der Waals surface area contributed by atoms with E-state index in [1.165, 1.54) is 21.3 Å². The van der Waals surface area contributed by atoms with Gasteiger partial charge in [0.05, 0.1) is 18.1 Å². The standard InChI is InChI=1S/C22H29N3O4S2/c26-22(23-15-18-3-1-9-24(16-18)17-20-4-2-14-30-20)19-5-7-21(8-6-19)31(27,28)25-10-12-29-13-11-25/h2,4-8,14,18H,1,3,9-13,15-17H2,(H,23,26). The maximum absolute atomic E-state index is 12.7. The van der Waals surface area contributed by atoms with Crippen LogP contribution in [0.1, 0.15) is 28.1 Å². The molecule has 1 N–H and O–H groups in total. The molecule has 1 atom stereocenters. The van der Waals surface area contributed by atoms with Gasteiger partial charge in [-0.25, -0.2) is 8.42 Å². The summed E-state index contributed by atoms with van der Waals surface area (Å²) in [6.45, 7) is 5.22. The summed E-state index contributed by atoms with van der Waals surface area (Å²) in [7, 11) is -3.54. The molecule has 0 radical (unpaired) electrons. The van der Waals surface area contributed by atoms with E-state index in [0.29, 0.717) is 44.3 Å². The molecule has 2 saturated heterocycles. The lowest BCUT2D eigenvalue weighted by atomic mass is 9.98. The fourth-order valence-electron chi connectivity index (χ4n) is 4.14. The number of ether oxygens (including phenoxy) is 1. The molecule has 9 heteroatoms. The summed E-state index contributed by atoms with van der Waals surface area (Å²) in [6, 6.07) is 10.5. The number of rotatable bonds is 7. The lowest BCUT2D eigenvalue weighted by molar-refractivity contribution is 0.0730. The van der Waals surface area contributed by atoms with Gasteiger partial charge >= 0.3 is 0 Å². The maximum Gasteiger partial charge on any atom is 0.251 e. The van der Waals surface area contributed by atoms with E-state index in [0.717, 1.165) is 32.5 Å². The van der Waals surface area contributed by atoms with Crippen LogP contribution in [0.2, 0.25) is 0 Å². The summed E-state index contributed by atoms with van der Waals surface area (Å²) >= 11 is 1.78. The van der Waals surface area contributed by atoms with E-state index < -0.39 is 10.0 Å². The molecule has 0 bridgehead atoms. The number of carbonyl (C=O) groups excluding carboxylic acids is 1. The van der Waals surface area contributed by atoms with Crippen LogP contribution in [0.25, 0.3) is 0 Å². The monoisotopic (exact) mass is 463 g/mol. The number of piperidine rings is 1. The van der Waals surface area contributed by atoms with Crippen molar-refractivity contribution in [3.8, 4) is 0 Å². The highest BCUT2D eigenvalue weighted by atomic mass is 32.2. The zero-order chi connectivity index (χ0) is 21.7. The molecule has 31 heavy (non-hydrogen) atoms. The zero-order valence-corrected chi connectivity index (χ0v) is 19.2. The first-order chi connectivity index (χ1) is 15.0. The Labute approximate surface area is 188 Å². The fourth-order valence-corrected chi connectivity index (χ4v) is 6.29. The van der Waals surface area contributed by atoms with Gasteiger partial charge in [0.2, 0.25) is 10.0 Å². The first-order valence-corrected chi connectivity index (χ1v) is 13.1. The molecule has 1 aromatic carbocycles. The van der Waals surface area contributed by atoms with Gasteiger partial charge in [0, 0.05) is 43.2 Å². The number of likely N-dealkylation sites (tertiary alicyclic amines) is 1. The van der Waals surface area contributed by atoms with E-state index in [1.54, 1.807) is 23.5 Å². The van der Waals surface area contributed by atoms with Crippen molar-refractivity contribution in [3.05, 3.63) is 52.2 Å². The molecule has 1 aromatic heterocycles. The van der Waals surface area contributed by atoms with E-state index in [4.69, 9.17) is 4.74 Å². The molecule has 4 rings (SSSR count). The largest absolute Gasteiger partial charge is 0.379 e. The first kappa shape index (κ1) is 22.4. The number of hydrogen-bond acceptors (Lipinski definition) is 6. The van der Waals surface area contributed by atoms with Gasteiger partial charge in [-0.15, -0.1) is 11.3 Å². The van der Waals surface area contributed by atoms with Crippen LogP contribution >= 0.6 is 11.3 Å². The van der Waals surface area contributed by atoms with Crippen LogP contribution in [0.15, 0.2) is 46.7 Å². The van der Waals surface area contributed by atoms with Crippen LogP contribution in [0.5, 0.6) is 0 Å². The predicted molar refractivity (Wildman–Crippen MR) is 121 cm³/mol. The van der Waals surface area contributed by atoms with Crippen LogP contribution in [0, 0.1) is 5.92 Å². The second-order valence-corrected chi connectivity index (χ2v) is 11.0. The minimum Gasteiger partial charge on any atom is -0.379 e. The number of sulfonamides is 1. The fraction of sp³-hybridized carbons (Fsp3) is 0.500. The summed E-state index contributed by atoms with van der Waals surface area (Å²) in [5.74, 6) is 0.268. The van der Waals surface area contributed by atoms with Crippen molar-refractivity contribution < 1.29 is 17.9 Å². The molecule has 1 unspecified atom stereocenters. The Bertz CT molecular complexity index is 955. The van der Waals surface area contributed by atoms with Crippen LogP contribution in [0.4, 0.5) is 0 Å². The molecule has 2 fully saturated rings. The molecule has 2 aliphatic heterocycles. The van der Waals surface area contributed by atoms with Crippen LogP contribution in [0.3, 0.4) is 0 Å². The average Bonchev–Trinajstić information content (AvgIpc) is 3.31. The minimum absolute atomic E-state index is 0.161. The highest BCUT2D eigenvalue weighted by Crippen LogP contribution is 2.21. The van der Waals surface area contributed by atoms with Gasteiger partial charge in [0.15, 0.2) is 0 Å². The lowest BCUT2D eigenvalue weighted by Crippen LogP contribution is -2.40. The minimum atomic E-state index is -3.54. The lowest BCUT2D eigenvalue weighted by Gasteiger charge is -2.32. The third kappa shape index (κ3) is 5.72. The normalized spacial score (nSPS) is 21.1. The third-order valence-electron chi connectivity index (χ3n) is 5.84. The van der Waals surface area contributed by atoms with E-state index in [2.05, 4.69) is 27.7 Å². The summed E-state index contributed by atoms with van der Waals surface area (Å²) in [6.07, 6.45) is 2.25. The predicted octanol–water partition coefficient (Wildman–Crippen LogP) is 2.41. The van der Waals surface area contributed by atoms with Crippen molar-refractivity contribution in [1.82, 2.24) is 14.5 Å². The number of thiophene rings is 1. The number of nitrogens with one attached hydrogen (secondary N) is 1. The molecule has 168 valence electrons. The topological polar surface area (TPSA) is 79.0 Å². The van der Waals surface area contributed by atoms with Crippen molar-refractivity contribution in [1.29, 1.82) is 0 Å². The molecule has 1 amide bonds. The first-order valence-electron chi connectivity index (χ1n) is 10.7. The zero-order valence-electron chi connectivity index (χ0n) is 17.5. The quantitative estimate of drug-likeness (QED) is 0.682. The van der Waals surface area contributed by atoms with Gasteiger partial charge < -0.3 is 10.1 Å². The molecule has 2 aromatic rings. The second-order valence-electron chi connectivity index (χ2n) is 8.07. The molecule has 0 spiro atoms. The van der Waals surface area contributed by atoms with Crippen molar-refractivity contribution >= 4 is 27.3 Å². The van der Waals surface area contributed by atoms with Gasteiger partial charge in [0.25, 0.3) is 5.91 Å². The van der Waals surface area contributed by atoms with Gasteiger partial charge in [-0.2, -0.15) is 4.31 Å². The SMILES string of the molecule is O=C(NCC1CCCN(Cc2cccs2)C1)c1ccc(S(=O)(=O)N2CCOCC2)cc1. The Balaban J connectivity index is 1.29. The number of morpholine rings is 1. The van der Waals surface area contributed by atoms with E-state index in [-0.39, 0.29) is 10.8 Å². The summed E-state index contributed by atoms with van der Waals surface area (Å²) in [5.41, 5.74) is 0.479.